The highest BCUT2D eigenvalue weighted by atomic mass is 16.5. The highest BCUT2D eigenvalue weighted by Gasteiger charge is 2.21. The first kappa shape index (κ1) is 16.4. The first-order valence-electron chi connectivity index (χ1n) is 7.88. The van der Waals surface area contributed by atoms with Crippen LogP contribution in [0, 0.1) is 0 Å². The van der Waals surface area contributed by atoms with Crippen molar-refractivity contribution in [1.29, 1.82) is 0 Å². The van der Waals surface area contributed by atoms with E-state index in [2.05, 4.69) is 24.5 Å². The molecule has 112 valence electrons. The first-order valence-corrected chi connectivity index (χ1v) is 7.88. The maximum Gasteiger partial charge on any atom is 0.246 e. The maximum atomic E-state index is 11.5. The minimum absolute atomic E-state index is 0.0275. The zero-order valence-corrected chi connectivity index (χ0v) is 12.5. The molecule has 1 amide bonds. The van der Waals surface area contributed by atoms with E-state index >= 15 is 0 Å². The Labute approximate surface area is 117 Å². The molecule has 1 rings (SSSR count). The molecule has 0 saturated heterocycles. The van der Waals surface area contributed by atoms with Gasteiger partial charge in [-0.1, -0.05) is 20.3 Å². The molecule has 0 atom stereocenters. The molecule has 19 heavy (non-hydrogen) atoms. The molecule has 1 fully saturated rings. The monoisotopic (exact) mass is 270 g/mol. The summed E-state index contributed by atoms with van der Waals surface area (Å²) in [5.41, 5.74) is 0. The Balaban J connectivity index is 2.04. The summed E-state index contributed by atoms with van der Waals surface area (Å²) in [6, 6.07) is 0.651. The molecule has 0 aromatic carbocycles. The van der Waals surface area contributed by atoms with Gasteiger partial charge in [0, 0.05) is 12.6 Å². The van der Waals surface area contributed by atoms with Gasteiger partial charge in [-0.25, -0.2) is 0 Å². The van der Waals surface area contributed by atoms with Gasteiger partial charge in [-0.3, -0.25) is 4.79 Å². The Bertz CT molecular complexity index is 238. The summed E-state index contributed by atoms with van der Waals surface area (Å²) in [7, 11) is 0. The Morgan fingerprint density at radius 1 is 1.11 bits per heavy atom. The van der Waals surface area contributed by atoms with Crippen LogP contribution in [-0.4, -0.2) is 37.7 Å². The van der Waals surface area contributed by atoms with Gasteiger partial charge in [-0.2, -0.15) is 0 Å². The number of carbonyl (C=O) groups is 1. The molecule has 0 bridgehead atoms. The Morgan fingerprint density at radius 2 is 1.84 bits per heavy atom. The van der Waals surface area contributed by atoms with Gasteiger partial charge in [0.15, 0.2) is 0 Å². The average molecular weight is 270 g/mol. The van der Waals surface area contributed by atoms with Crippen LogP contribution >= 0.6 is 0 Å². The number of carbonyl (C=O) groups excluding carboxylic acids is 1. The third-order valence-corrected chi connectivity index (χ3v) is 3.66. The molecular formula is C15H30N2O2. The van der Waals surface area contributed by atoms with E-state index < -0.39 is 0 Å². The molecule has 2 N–H and O–H groups in total. The number of amides is 1. The highest BCUT2D eigenvalue weighted by Crippen LogP contribution is 2.21. The van der Waals surface area contributed by atoms with Crippen molar-refractivity contribution in [1.82, 2.24) is 10.6 Å². The standard InChI is InChI=1S/C15H30N2O2/c1-3-5-11-17-15(18)12-19-14-8-6-13(7-9-14)16-10-4-2/h13-14,16H,3-12H2,1-2H3,(H,17,18). The van der Waals surface area contributed by atoms with Crippen molar-refractivity contribution < 1.29 is 9.53 Å². The van der Waals surface area contributed by atoms with Crippen molar-refractivity contribution in [3.8, 4) is 0 Å². The van der Waals surface area contributed by atoms with Gasteiger partial charge in [0.05, 0.1) is 6.10 Å². The fourth-order valence-electron chi connectivity index (χ4n) is 2.43. The lowest BCUT2D eigenvalue weighted by Crippen LogP contribution is -2.37. The third-order valence-electron chi connectivity index (χ3n) is 3.66. The molecule has 0 aliphatic heterocycles. The maximum absolute atomic E-state index is 11.5. The van der Waals surface area contributed by atoms with E-state index in [0.29, 0.717) is 6.04 Å². The molecule has 0 heterocycles. The average Bonchev–Trinajstić information content (AvgIpc) is 2.44. The molecule has 4 nitrogen and oxygen atoms in total. The van der Waals surface area contributed by atoms with Crippen LogP contribution in [0.3, 0.4) is 0 Å². The molecule has 0 spiro atoms. The van der Waals surface area contributed by atoms with Crippen molar-refractivity contribution in [2.75, 3.05) is 19.7 Å². The number of hydrogen-bond donors (Lipinski definition) is 2. The summed E-state index contributed by atoms with van der Waals surface area (Å²) in [4.78, 5) is 11.5. The smallest absolute Gasteiger partial charge is 0.246 e. The molecule has 4 heteroatoms. The Kier molecular flexibility index (Phi) is 8.84. The summed E-state index contributed by atoms with van der Waals surface area (Å²) < 4.78 is 5.69. The molecule has 0 aromatic rings. The highest BCUT2D eigenvalue weighted by molar-refractivity contribution is 5.77. The van der Waals surface area contributed by atoms with Crippen LogP contribution in [0.2, 0.25) is 0 Å². The van der Waals surface area contributed by atoms with E-state index in [9.17, 15) is 4.79 Å². The van der Waals surface area contributed by atoms with Gasteiger partial charge < -0.3 is 15.4 Å². The predicted molar refractivity (Wildman–Crippen MR) is 78.2 cm³/mol. The molecule has 0 aromatic heterocycles. The van der Waals surface area contributed by atoms with Gasteiger partial charge in [-0.05, 0) is 45.1 Å². The van der Waals surface area contributed by atoms with Crippen LogP contribution in [-0.2, 0) is 9.53 Å². The minimum atomic E-state index is 0.0275. The van der Waals surface area contributed by atoms with Crippen LogP contribution < -0.4 is 10.6 Å². The van der Waals surface area contributed by atoms with E-state index in [1.165, 1.54) is 19.3 Å². The second-order valence-electron chi connectivity index (χ2n) is 5.44. The fourth-order valence-corrected chi connectivity index (χ4v) is 2.43. The SMILES string of the molecule is CCCCNC(=O)COC1CCC(NCCC)CC1. The summed E-state index contributed by atoms with van der Waals surface area (Å²) in [6.45, 7) is 6.41. The Morgan fingerprint density at radius 3 is 2.47 bits per heavy atom. The van der Waals surface area contributed by atoms with E-state index in [4.69, 9.17) is 4.74 Å². The zero-order valence-electron chi connectivity index (χ0n) is 12.5. The van der Waals surface area contributed by atoms with E-state index in [0.717, 1.165) is 38.8 Å². The summed E-state index contributed by atoms with van der Waals surface area (Å²) >= 11 is 0. The second-order valence-corrected chi connectivity index (χ2v) is 5.44. The zero-order chi connectivity index (χ0) is 13.9. The minimum Gasteiger partial charge on any atom is -0.368 e. The van der Waals surface area contributed by atoms with Crippen molar-refractivity contribution in [3.63, 3.8) is 0 Å². The summed E-state index contributed by atoms with van der Waals surface area (Å²) in [5.74, 6) is 0.0275. The topological polar surface area (TPSA) is 50.4 Å². The van der Waals surface area contributed by atoms with Gasteiger partial charge in [0.1, 0.15) is 6.61 Å². The molecule has 0 unspecified atom stereocenters. The van der Waals surface area contributed by atoms with Crippen LogP contribution in [0.25, 0.3) is 0 Å². The molecular weight excluding hydrogens is 240 g/mol. The fraction of sp³-hybridized carbons (Fsp3) is 0.933. The number of rotatable bonds is 9. The van der Waals surface area contributed by atoms with E-state index in [-0.39, 0.29) is 18.6 Å². The van der Waals surface area contributed by atoms with Crippen molar-refractivity contribution >= 4 is 5.91 Å². The number of unbranched alkanes of at least 4 members (excludes halogenated alkanes) is 1. The molecule has 1 saturated carbocycles. The van der Waals surface area contributed by atoms with Crippen LogP contribution in [0.1, 0.15) is 58.8 Å². The number of hydrogen-bond acceptors (Lipinski definition) is 3. The summed E-state index contributed by atoms with van der Waals surface area (Å²) in [5, 5.41) is 6.44. The van der Waals surface area contributed by atoms with E-state index in [1.54, 1.807) is 0 Å². The number of nitrogens with one attached hydrogen (secondary N) is 2. The third kappa shape index (κ3) is 7.53. The number of ether oxygens (including phenoxy) is 1. The quantitative estimate of drug-likeness (QED) is 0.632. The van der Waals surface area contributed by atoms with Crippen molar-refractivity contribution in [2.24, 2.45) is 0 Å². The van der Waals surface area contributed by atoms with Crippen molar-refractivity contribution in [2.45, 2.75) is 70.9 Å². The van der Waals surface area contributed by atoms with Gasteiger partial charge in [-0.15, -0.1) is 0 Å². The lowest BCUT2D eigenvalue weighted by Gasteiger charge is -2.29. The van der Waals surface area contributed by atoms with Crippen molar-refractivity contribution in [3.05, 3.63) is 0 Å². The first-order chi connectivity index (χ1) is 9.26. The molecule has 0 radical (unpaired) electrons. The normalized spacial score (nSPS) is 23.3. The summed E-state index contributed by atoms with van der Waals surface area (Å²) in [6.07, 6.45) is 8.10. The van der Waals surface area contributed by atoms with Crippen LogP contribution in [0.15, 0.2) is 0 Å². The van der Waals surface area contributed by atoms with Gasteiger partial charge >= 0.3 is 0 Å². The molecule has 1 aliphatic rings. The molecule has 1 aliphatic carbocycles. The van der Waals surface area contributed by atoms with Gasteiger partial charge in [0.25, 0.3) is 0 Å². The predicted octanol–water partition coefficient (Wildman–Crippen LogP) is 2.23. The van der Waals surface area contributed by atoms with Gasteiger partial charge in [0.2, 0.25) is 5.91 Å². The Hall–Kier alpha value is -0.610. The largest absolute Gasteiger partial charge is 0.368 e. The van der Waals surface area contributed by atoms with Crippen LogP contribution in [0.5, 0.6) is 0 Å². The van der Waals surface area contributed by atoms with Crippen LogP contribution in [0.4, 0.5) is 0 Å². The van der Waals surface area contributed by atoms with E-state index in [1.807, 2.05) is 0 Å². The lowest BCUT2D eigenvalue weighted by atomic mass is 9.93. The second kappa shape index (κ2) is 10.2. The lowest BCUT2D eigenvalue weighted by molar-refractivity contribution is -0.128.